The van der Waals surface area contributed by atoms with Gasteiger partial charge in [0.05, 0.1) is 11.6 Å². The number of benzene rings is 1. The van der Waals surface area contributed by atoms with E-state index in [0.29, 0.717) is 16.1 Å². The van der Waals surface area contributed by atoms with Crippen LogP contribution in [0, 0.1) is 5.82 Å². The summed E-state index contributed by atoms with van der Waals surface area (Å²) in [5, 5.41) is 3.19. The number of carbonyl (C=O) groups excluding carboxylic acids is 1. The molecule has 3 nitrogen and oxygen atoms in total. The first-order valence-electron chi connectivity index (χ1n) is 5.40. The molecule has 1 N–H and O–H groups in total. The Morgan fingerprint density at radius 2 is 2.29 bits per heavy atom. The van der Waals surface area contributed by atoms with Gasteiger partial charge in [0.25, 0.3) is 0 Å². The van der Waals surface area contributed by atoms with Crippen molar-refractivity contribution < 1.29 is 13.9 Å². The van der Waals surface area contributed by atoms with Gasteiger partial charge in [0.2, 0.25) is 0 Å². The summed E-state index contributed by atoms with van der Waals surface area (Å²) >= 11 is 3.11. The van der Waals surface area contributed by atoms with E-state index in [0.717, 1.165) is 12.8 Å². The number of methoxy groups -OCH3 is 1. The van der Waals surface area contributed by atoms with Crippen LogP contribution >= 0.6 is 15.9 Å². The molecule has 1 unspecified atom stereocenters. The van der Waals surface area contributed by atoms with Crippen LogP contribution < -0.4 is 5.32 Å². The van der Waals surface area contributed by atoms with Gasteiger partial charge >= 0.3 is 5.97 Å². The van der Waals surface area contributed by atoms with Crippen LogP contribution in [0.1, 0.15) is 24.4 Å². The van der Waals surface area contributed by atoms with Crippen molar-refractivity contribution in [3.05, 3.63) is 34.1 Å². The molecule has 1 saturated carbocycles. The van der Waals surface area contributed by atoms with Crippen LogP contribution in [0.4, 0.5) is 4.39 Å². The highest BCUT2D eigenvalue weighted by Crippen LogP contribution is 2.27. The lowest BCUT2D eigenvalue weighted by molar-refractivity contribution is -0.143. The maximum atomic E-state index is 13.1. The molecule has 0 aromatic heterocycles. The summed E-state index contributed by atoms with van der Waals surface area (Å²) in [6.07, 6.45) is 2.13. The average Bonchev–Trinajstić information content (AvgIpc) is 3.13. The Labute approximate surface area is 107 Å². The Balaban J connectivity index is 2.23. The quantitative estimate of drug-likeness (QED) is 0.869. The van der Waals surface area contributed by atoms with Gasteiger partial charge in [-0.15, -0.1) is 0 Å². The van der Waals surface area contributed by atoms with Crippen molar-refractivity contribution in [1.29, 1.82) is 0 Å². The maximum Gasteiger partial charge on any atom is 0.327 e. The monoisotopic (exact) mass is 301 g/mol. The molecular weight excluding hydrogens is 289 g/mol. The average molecular weight is 302 g/mol. The molecule has 5 heteroatoms. The van der Waals surface area contributed by atoms with Crippen molar-refractivity contribution >= 4 is 21.9 Å². The van der Waals surface area contributed by atoms with Crippen LogP contribution in [-0.2, 0) is 9.53 Å². The molecule has 0 heterocycles. The van der Waals surface area contributed by atoms with E-state index in [-0.39, 0.29) is 11.8 Å². The maximum absolute atomic E-state index is 13.1. The number of carbonyl (C=O) groups is 1. The predicted molar refractivity (Wildman–Crippen MR) is 65.0 cm³/mol. The van der Waals surface area contributed by atoms with E-state index in [4.69, 9.17) is 4.74 Å². The minimum atomic E-state index is -0.524. The number of esters is 1. The zero-order valence-corrected chi connectivity index (χ0v) is 11.0. The Morgan fingerprint density at radius 1 is 1.59 bits per heavy atom. The number of ether oxygens (including phenoxy) is 1. The van der Waals surface area contributed by atoms with Gasteiger partial charge in [-0.2, -0.15) is 0 Å². The molecular formula is C12H13BrFNO2. The van der Waals surface area contributed by atoms with Crippen molar-refractivity contribution in [3.63, 3.8) is 0 Å². The zero-order chi connectivity index (χ0) is 12.4. The van der Waals surface area contributed by atoms with Crippen LogP contribution in [0.25, 0.3) is 0 Å². The summed E-state index contributed by atoms with van der Waals surface area (Å²) in [5.41, 5.74) is 0.706. The molecule has 2 rings (SSSR count). The molecule has 1 fully saturated rings. The Bertz CT molecular complexity index is 435. The fourth-order valence-electron chi connectivity index (χ4n) is 1.60. The molecule has 0 spiro atoms. The number of hydrogen-bond donors (Lipinski definition) is 1. The summed E-state index contributed by atoms with van der Waals surface area (Å²) in [6.45, 7) is 0. The standard InChI is InChI=1S/C12H13BrFNO2/c1-17-12(16)11(15-8-3-4-8)7-2-5-10(14)9(13)6-7/h2,5-6,8,11,15H,3-4H2,1H3. The fraction of sp³-hybridized carbons (Fsp3) is 0.417. The van der Waals surface area contributed by atoms with Crippen molar-refractivity contribution in [1.82, 2.24) is 5.32 Å². The number of rotatable bonds is 4. The van der Waals surface area contributed by atoms with Gasteiger partial charge in [0.1, 0.15) is 11.9 Å². The molecule has 1 aromatic carbocycles. The highest BCUT2D eigenvalue weighted by atomic mass is 79.9. The Morgan fingerprint density at radius 3 is 2.82 bits per heavy atom. The van der Waals surface area contributed by atoms with E-state index in [1.165, 1.54) is 13.2 Å². The van der Waals surface area contributed by atoms with Gasteiger partial charge in [-0.25, -0.2) is 9.18 Å². The molecule has 17 heavy (non-hydrogen) atoms. The minimum Gasteiger partial charge on any atom is -0.468 e. The third-order valence-electron chi connectivity index (χ3n) is 2.69. The van der Waals surface area contributed by atoms with Crippen LogP contribution in [0.15, 0.2) is 22.7 Å². The van der Waals surface area contributed by atoms with Gasteiger partial charge in [-0.05, 0) is 46.5 Å². The van der Waals surface area contributed by atoms with Gasteiger partial charge < -0.3 is 4.74 Å². The molecule has 0 radical (unpaired) electrons. The van der Waals surface area contributed by atoms with Crippen molar-refractivity contribution in [2.75, 3.05) is 7.11 Å². The highest BCUT2D eigenvalue weighted by Gasteiger charge is 2.30. The molecule has 0 bridgehead atoms. The van der Waals surface area contributed by atoms with Crippen LogP contribution in [-0.4, -0.2) is 19.1 Å². The zero-order valence-electron chi connectivity index (χ0n) is 9.37. The first kappa shape index (κ1) is 12.5. The van der Waals surface area contributed by atoms with Crippen molar-refractivity contribution in [2.24, 2.45) is 0 Å². The SMILES string of the molecule is COC(=O)C(NC1CC1)c1ccc(F)c(Br)c1. The summed E-state index contributed by atoms with van der Waals surface area (Å²) in [7, 11) is 1.35. The van der Waals surface area contributed by atoms with Gasteiger partial charge in [-0.1, -0.05) is 6.07 Å². The third kappa shape index (κ3) is 3.04. The molecule has 1 atom stereocenters. The fourth-order valence-corrected chi connectivity index (χ4v) is 1.99. The van der Waals surface area contributed by atoms with E-state index in [2.05, 4.69) is 21.2 Å². The molecule has 0 aliphatic heterocycles. The summed E-state index contributed by atoms with van der Waals surface area (Å²) in [6, 6.07) is 4.38. The van der Waals surface area contributed by atoms with E-state index in [1.807, 2.05) is 0 Å². The summed E-state index contributed by atoms with van der Waals surface area (Å²) in [5.74, 6) is -0.695. The molecule has 1 aliphatic rings. The second-order valence-electron chi connectivity index (χ2n) is 4.07. The molecule has 0 amide bonds. The lowest BCUT2D eigenvalue weighted by Gasteiger charge is -2.16. The largest absolute Gasteiger partial charge is 0.468 e. The first-order valence-corrected chi connectivity index (χ1v) is 6.20. The third-order valence-corrected chi connectivity index (χ3v) is 3.30. The molecule has 0 saturated heterocycles. The first-order chi connectivity index (χ1) is 8.11. The van der Waals surface area contributed by atoms with Gasteiger partial charge in [-0.3, -0.25) is 5.32 Å². The van der Waals surface area contributed by atoms with Crippen LogP contribution in [0.5, 0.6) is 0 Å². The molecule has 92 valence electrons. The Hall–Kier alpha value is -0.940. The van der Waals surface area contributed by atoms with Gasteiger partial charge in [0.15, 0.2) is 0 Å². The van der Waals surface area contributed by atoms with Crippen molar-refractivity contribution in [3.8, 4) is 0 Å². The van der Waals surface area contributed by atoms with Gasteiger partial charge in [0, 0.05) is 6.04 Å². The van der Waals surface area contributed by atoms with Crippen molar-refractivity contribution in [2.45, 2.75) is 24.9 Å². The highest BCUT2D eigenvalue weighted by molar-refractivity contribution is 9.10. The van der Waals surface area contributed by atoms with Crippen LogP contribution in [0.2, 0.25) is 0 Å². The van der Waals surface area contributed by atoms with Crippen LogP contribution in [0.3, 0.4) is 0 Å². The summed E-state index contributed by atoms with van der Waals surface area (Å²) < 4.78 is 18.2. The normalized spacial score (nSPS) is 16.6. The smallest absolute Gasteiger partial charge is 0.327 e. The number of nitrogens with one attached hydrogen (secondary N) is 1. The second kappa shape index (κ2) is 5.14. The van der Waals surface area contributed by atoms with E-state index >= 15 is 0 Å². The summed E-state index contributed by atoms with van der Waals surface area (Å²) in [4.78, 5) is 11.7. The van der Waals surface area contributed by atoms with E-state index < -0.39 is 6.04 Å². The van der Waals surface area contributed by atoms with E-state index in [1.54, 1.807) is 12.1 Å². The number of hydrogen-bond acceptors (Lipinski definition) is 3. The lowest BCUT2D eigenvalue weighted by atomic mass is 10.1. The topological polar surface area (TPSA) is 38.3 Å². The second-order valence-corrected chi connectivity index (χ2v) is 4.92. The predicted octanol–water partition coefficient (Wildman–Crippen LogP) is 2.55. The Kier molecular flexibility index (Phi) is 3.79. The number of halogens is 2. The molecule has 1 aromatic rings. The lowest BCUT2D eigenvalue weighted by Crippen LogP contribution is -2.31. The minimum absolute atomic E-state index is 0.344. The molecule has 1 aliphatic carbocycles. The van der Waals surface area contributed by atoms with E-state index in [9.17, 15) is 9.18 Å².